The first-order valence-electron chi connectivity index (χ1n) is 7.95. The molecule has 0 radical (unpaired) electrons. The highest BCUT2D eigenvalue weighted by atomic mass is 35.5. The maximum atomic E-state index is 5.99. The molecule has 6 nitrogen and oxygen atoms in total. The van der Waals surface area contributed by atoms with Gasteiger partial charge in [0.1, 0.15) is 5.82 Å². The van der Waals surface area contributed by atoms with Crippen LogP contribution in [0.15, 0.2) is 35.5 Å². The Labute approximate surface area is 154 Å². The molecule has 130 valence electrons. The lowest BCUT2D eigenvalue weighted by Gasteiger charge is -2.11. The quantitative estimate of drug-likeness (QED) is 0.648. The van der Waals surface area contributed by atoms with Crippen molar-refractivity contribution in [2.75, 3.05) is 12.4 Å². The van der Waals surface area contributed by atoms with E-state index in [2.05, 4.69) is 15.2 Å². The van der Waals surface area contributed by atoms with Gasteiger partial charge in [0.05, 0.1) is 12.7 Å². The molecule has 1 aliphatic rings. The molecule has 2 atom stereocenters. The largest absolute Gasteiger partial charge is 0.346 e. The fraction of sp³-hybridized carbons (Fsp3) is 0.353. The van der Waals surface area contributed by atoms with Crippen molar-refractivity contribution in [2.45, 2.75) is 31.4 Å². The van der Waals surface area contributed by atoms with Crippen molar-refractivity contribution in [1.29, 1.82) is 0 Å². The molecule has 1 fully saturated rings. The number of aryl methyl sites for hydroxylation is 2. The highest BCUT2D eigenvalue weighted by molar-refractivity contribution is 7.99. The molecule has 1 aliphatic heterocycles. The molecular formula is C17H17ClN4O2S. The molecule has 2 aromatic heterocycles. The smallest absolute Gasteiger partial charge is 0.197 e. The van der Waals surface area contributed by atoms with Gasteiger partial charge in [0.2, 0.25) is 0 Å². The Hall–Kier alpha value is -1.67. The lowest BCUT2D eigenvalue weighted by Crippen LogP contribution is -2.13. The van der Waals surface area contributed by atoms with Gasteiger partial charge in [-0.1, -0.05) is 35.5 Å². The summed E-state index contributed by atoms with van der Waals surface area (Å²) in [5, 5.41) is 10.0. The van der Waals surface area contributed by atoms with Gasteiger partial charge in [-0.25, -0.2) is 4.98 Å². The predicted molar refractivity (Wildman–Crippen MR) is 96.0 cm³/mol. The van der Waals surface area contributed by atoms with Gasteiger partial charge in [0.25, 0.3) is 0 Å². The number of aromatic nitrogens is 4. The molecule has 0 saturated carbocycles. The maximum absolute atomic E-state index is 5.99. The first kappa shape index (κ1) is 16.8. The third-order valence-corrected chi connectivity index (χ3v) is 5.26. The number of fused-ring (bicyclic) bond motifs is 1. The summed E-state index contributed by atoms with van der Waals surface area (Å²) < 4.78 is 13.7. The van der Waals surface area contributed by atoms with E-state index in [-0.39, 0.29) is 12.4 Å². The highest BCUT2D eigenvalue weighted by Crippen LogP contribution is 2.30. The van der Waals surface area contributed by atoms with Gasteiger partial charge < -0.3 is 9.47 Å². The summed E-state index contributed by atoms with van der Waals surface area (Å²) in [5.41, 5.74) is 2.72. The number of hydrogen-bond donors (Lipinski definition) is 0. The van der Waals surface area contributed by atoms with Crippen LogP contribution >= 0.6 is 23.4 Å². The summed E-state index contributed by atoms with van der Waals surface area (Å²) in [4.78, 5) is 4.48. The topological polar surface area (TPSA) is 61.5 Å². The van der Waals surface area contributed by atoms with Gasteiger partial charge in [0, 0.05) is 28.1 Å². The van der Waals surface area contributed by atoms with Gasteiger partial charge in [0.15, 0.2) is 17.1 Å². The zero-order valence-corrected chi connectivity index (χ0v) is 15.4. The van der Waals surface area contributed by atoms with Crippen LogP contribution in [0.3, 0.4) is 0 Å². The van der Waals surface area contributed by atoms with Crippen LogP contribution < -0.4 is 0 Å². The number of nitrogens with zero attached hydrogens (tertiary/aromatic N) is 4. The van der Waals surface area contributed by atoms with Gasteiger partial charge in [-0.15, -0.1) is 10.2 Å². The van der Waals surface area contributed by atoms with Crippen LogP contribution in [0.1, 0.15) is 23.4 Å². The Morgan fingerprint density at radius 2 is 2.04 bits per heavy atom. The highest BCUT2D eigenvalue weighted by Gasteiger charge is 2.28. The molecule has 1 aromatic carbocycles. The minimum absolute atomic E-state index is 0.00302. The third kappa shape index (κ3) is 3.50. The van der Waals surface area contributed by atoms with E-state index in [9.17, 15) is 0 Å². The van der Waals surface area contributed by atoms with Crippen LogP contribution in [0.5, 0.6) is 0 Å². The van der Waals surface area contributed by atoms with E-state index >= 15 is 0 Å². The number of benzene rings is 1. The molecule has 1 saturated heterocycles. The molecule has 3 aromatic rings. The fourth-order valence-corrected chi connectivity index (χ4v) is 3.88. The molecule has 0 bridgehead atoms. The second-order valence-electron chi connectivity index (χ2n) is 5.91. The molecule has 3 heterocycles. The van der Waals surface area contributed by atoms with Crippen molar-refractivity contribution in [3.05, 3.63) is 52.4 Å². The monoisotopic (exact) mass is 376 g/mol. The van der Waals surface area contributed by atoms with E-state index < -0.39 is 0 Å². The van der Waals surface area contributed by atoms with Gasteiger partial charge in [-0.3, -0.25) is 4.40 Å². The first-order chi connectivity index (χ1) is 12.1. The minimum atomic E-state index is -0.343. The Kier molecular flexibility index (Phi) is 4.64. The molecule has 0 unspecified atom stereocenters. The molecule has 0 amide bonds. The second-order valence-corrected chi connectivity index (χ2v) is 7.33. The predicted octanol–water partition coefficient (Wildman–Crippen LogP) is 3.60. The van der Waals surface area contributed by atoms with Crippen LogP contribution in [0, 0.1) is 13.8 Å². The lowest BCUT2D eigenvalue weighted by atomic mass is 10.2. The van der Waals surface area contributed by atoms with Crippen molar-refractivity contribution in [2.24, 2.45) is 0 Å². The Bertz CT molecular complexity index is 900. The number of halogens is 1. The Balaban J connectivity index is 1.42. The van der Waals surface area contributed by atoms with E-state index in [0.717, 1.165) is 33.6 Å². The van der Waals surface area contributed by atoms with Crippen LogP contribution in [-0.2, 0) is 9.47 Å². The van der Waals surface area contributed by atoms with E-state index in [1.807, 2.05) is 48.6 Å². The molecule has 0 spiro atoms. The molecule has 0 aliphatic carbocycles. The number of thioether (sulfide) groups is 1. The molecular weight excluding hydrogens is 360 g/mol. The minimum Gasteiger partial charge on any atom is -0.346 e. The molecule has 8 heteroatoms. The Morgan fingerprint density at radius 1 is 1.24 bits per heavy atom. The van der Waals surface area contributed by atoms with E-state index in [4.69, 9.17) is 21.1 Å². The summed E-state index contributed by atoms with van der Waals surface area (Å²) in [6.07, 6.45) is -0.346. The van der Waals surface area contributed by atoms with Gasteiger partial charge >= 0.3 is 0 Å². The number of ether oxygens (including phenoxy) is 2. The normalized spacial score (nSPS) is 20.4. The molecule has 4 rings (SSSR count). The second kappa shape index (κ2) is 6.92. The third-order valence-electron chi connectivity index (χ3n) is 3.95. The van der Waals surface area contributed by atoms with Crippen LogP contribution in [0.25, 0.3) is 5.65 Å². The summed E-state index contributed by atoms with van der Waals surface area (Å²) in [6, 6.07) is 9.45. The Morgan fingerprint density at radius 3 is 2.84 bits per heavy atom. The molecule has 0 N–H and O–H groups in total. The van der Waals surface area contributed by atoms with Crippen molar-refractivity contribution < 1.29 is 9.47 Å². The van der Waals surface area contributed by atoms with E-state index in [0.29, 0.717) is 11.6 Å². The van der Waals surface area contributed by atoms with Crippen LogP contribution in [-0.4, -0.2) is 38.0 Å². The van der Waals surface area contributed by atoms with Crippen LogP contribution in [0.2, 0.25) is 5.02 Å². The zero-order chi connectivity index (χ0) is 17.4. The number of hydrogen-bond acceptors (Lipinski definition) is 6. The average Bonchev–Trinajstić information content (AvgIpc) is 3.20. The van der Waals surface area contributed by atoms with Crippen molar-refractivity contribution in [1.82, 2.24) is 19.6 Å². The van der Waals surface area contributed by atoms with Crippen molar-refractivity contribution in [3.63, 3.8) is 0 Å². The lowest BCUT2D eigenvalue weighted by molar-refractivity contribution is -0.0565. The van der Waals surface area contributed by atoms with E-state index in [1.165, 1.54) is 0 Å². The summed E-state index contributed by atoms with van der Waals surface area (Å²) >= 11 is 7.52. The zero-order valence-electron chi connectivity index (χ0n) is 13.8. The number of rotatable bonds is 4. The van der Waals surface area contributed by atoms with Gasteiger partial charge in [-0.2, -0.15) is 0 Å². The van der Waals surface area contributed by atoms with E-state index in [1.54, 1.807) is 11.8 Å². The average molecular weight is 377 g/mol. The SMILES string of the molecule is Cc1cc2nnc(SC[C@@H]3CO[C@H](c4ccc(Cl)cc4)O3)n2c(C)n1. The summed E-state index contributed by atoms with van der Waals surface area (Å²) in [7, 11) is 0. The maximum Gasteiger partial charge on any atom is 0.197 e. The first-order valence-corrected chi connectivity index (χ1v) is 9.31. The summed E-state index contributed by atoms with van der Waals surface area (Å²) in [6.45, 7) is 4.46. The van der Waals surface area contributed by atoms with Crippen molar-refractivity contribution in [3.8, 4) is 0 Å². The molecule has 25 heavy (non-hydrogen) atoms. The fourth-order valence-electron chi connectivity index (χ4n) is 2.79. The standard InChI is InChI=1S/C17H17ClN4O2S/c1-10-7-15-20-21-17(22(15)11(2)19-10)25-9-14-8-23-16(24-14)12-3-5-13(18)6-4-12/h3-7,14,16H,8-9H2,1-2H3/t14-,16-/m0/s1. The van der Waals surface area contributed by atoms with Crippen molar-refractivity contribution >= 4 is 29.0 Å². The summed E-state index contributed by atoms with van der Waals surface area (Å²) in [5.74, 6) is 1.61. The van der Waals surface area contributed by atoms with Gasteiger partial charge in [-0.05, 0) is 26.0 Å². The van der Waals surface area contributed by atoms with Crippen LogP contribution in [0.4, 0.5) is 0 Å².